The third kappa shape index (κ3) is 2.76. The number of benzene rings is 1. The molecule has 2 heterocycles. The van der Waals surface area contributed by atoms with Crippen molar-refractivity contribution in [1.29, 1.82) is 0 Å². The lowest BCUT2D eigenvalue weighted by Gasteiger charge is -2.48. The smallest absolute Gasteiger partial charge is 0.0535 e. The van der Waals surface area contributed by atoms with Crippen LogP contribution in [0.4, 0.5) is 0 Å². The number of nitrogens with zero attached hydrogens (tertiary/aromatic N) is 1. The molecule has 2 aliphatic heterocycles. The van der Waals surface area contributed by atoms with Crippen LogP contribution in [0.2, 0.25) is 0 Å². The van der Waals surface area contributed by atoms with E-state index in [0.29, 0.717) is 6.04 Å². The molecule has 2 fully saturated rings. The molecule has 3 rings (SSSR count). The maximum atomic E-state index is 3.82. The highest BCUT2D eigenvalue weighted by Crippen LogP contribution is 2.32. The number of hydrogen-bond acceptors (Lipinski definition) is 3. The van der Waals surface area contributed by atoms with Gasteiger partial charge in [-0.05, 0) is 31.1 Å². The Morgan fingerprint density at radius 3 is 2.80 bits per heavy atom. The maximum absolute atomic E-state index is 3.82. The molecule has 1 aromatic rings. The molecule has 2 saturated heterocycles. The third-order valence-corrected chi connectivity index (χ3v) is 6.10. The first kappa shape index (κ1) is 14.4. The Morgan fingerprint density at radius 2 is 2.15 bits per heavy atom. The van der Waals surface area contributed by atoms with E-state index in [4.69, 9.17) is 0 Å². The molecule has 0 spiro atoms. The van der Waals surface area contributed by atoms with E-state index in [-0.39, 0.29) is 5.54 Å². The van der Waals surface area contributed by atoms with Crippen molar-refractivity contribution in [3.63, 3.8) is 0 Å². The van der Waals surface area contributed by atoms with Gasteiger partial charge in [0.1, 0.15) is 0 Å². The number of rotatable bonds is 3. The molecule has 0 saturated carbocycles. The summed E-state index contributed by atoms with van der Waals surface area (Å²) >= 11 is 2.12. The van der Waals surface area contributed by atoms with Gasteiger partial charge in [0.2, 0.25) is 0 Å². The van der Waals surface area contributed by atoms with E-state index in [0.717, 1.165) is 19.1 Å². The number of nitrogens with one attached hydrogen (secondary N) is 1. The predicted molar refractivity (Wildman–Crippen MR) is 88.3 cm³/mol. The lowest BCUT2D eigenvalue weighted by atomic mass is 9.87. The lowest BCUT2D eigenvalue weighted by Crippen LogP contribution is -2.63. The third-order valence-electron chi connectivity index (χ3n) is 4.95. The van der Waals surface area contributed by atoms with Crippen molar-refractivity contribution in [1.82, 2.24) is 10.2 Å². The first-order chi connectivity index (χ1) is 9.73. The van der Waals surface area contributed by atoms with Crippen LogP contribution in [0.1, 0.15) is 32.3 Å². The van der Waals surface area contributed by atoms with Crippen LogP contribution in [0, 0.1) is 0 Å². The van der Waals surface area contributed by atoms with Crippen LogP contribution < -0.4 is 5.32 Å². The second-order valence-corrected chi connectivity index (χ2v) is 7.48. The van der Waals surface area contributed by atoms with Crippen molar-refractivity contribution in [2.75, 3.05) is 24.6 Å². The second-order valence-electron chi connectivity index (χ2n) is 6.33. The average Bonchev–Trinajstić information content (AvgIpc) is 3.02. The van der Waals surface area contributed by atoms with Gasteiger partial charge in [-0.2, -0.15) is 11.8 Å². The van der Waals surface area contributed by atoms with Crippen LogP contribution in [-0.4, -0.2) is 41.6 Å². The summed E-state index contributed by atoms with van der Waals surface area (Å²) in [5.41, 5.74) is 1.52. The van der Waals surface area contributed by atoms with Gasteiger partial charge in [0, 0.05) is 30.9 Å². The van der Waals surface area contributed by atoms with Crippen LogP contribution in [-0.2, 0) is 5.54 Å². The van der Waals surface area contributed by atoms with Crippen molar-refractivity contribution in [2.24, 2.45) is 0 Å². The summed E-state index contributed by atoms with van der Waals surface area (Å²) in [6.07, 6.45) is 2.62. The summed E-state index contributed by atoms with van der Waals surface area (Å²) < 4.78 is 0. The molecule has 1 aromatic carbocycles. The molecule has 110 valence electrons. The van der Waals surface area contributed by atoms with Crippen LogP contribution >= 0.6 is 11.8 Å². The van der Waals surface area contributed by atoms with Gasteiger partial charge >= 0.3 is 0 Å². The molecular weight excluding hydrogens is 264 g/mol. The zero-order valence-electron chi connectivity index (χ0n) is 12.6. The maximum Gasteiger partial charge on any atom is 0.0535 e. The summed E-state index contributed by atoms with van der Waals surface area (Å²) in [5, 5.41) is 3.82. The Labute approximate surface area is 127 Å². The topological polar surface area (TPSA) is 15.3 Å². The SMILES string of the molecule is CCC1CNC(C)(c2ccccc2)CN1C1CCSC1. The van der Waals surface area contributed by atoms with Gasteiger partial charge in [0.25, 0.3) is 0 Å². The molecule has 2 aliphatic rings. The fourth-order valence-electron chi connectivity index (χ4n) is 3.60. The molecule has 2 nitrogen and oxygen atoms in total. The van der Waals surface area contributed by atoms with Crippen LogP contribution in [0.5, 0.6) is 0 Å². The second kappa shape index (κ2) is 6.08. The van der Waals surface area contributed by atoms with Crippen LogP contribution in [0.15, 0.2) is 30.3 Å². The number of piperazine rings is 1. The van der Waals surface area contributed by atoms with E-state index in [1.807, 2.05) is 0 Å². The van der Waals surface area contributed by atoms with E-state index in [1.54, 1.807) is 0 Å². The monoisotopic (exact) mass is 290 g/mol. The minimum atomic E-state index is 0.0974. The standard InChI is InChI=1S/C17H26N2S/c1-3-15-11-18-17(2,14-7-5-4-6-8-14)13-19(15)16-9-10-20-12-16/h4-8,15-16,18H,3,9-13H2,1-2H3. The highest BCUT2D eigenvalue weighted by molar-refractivity contribution is 7.99. The molecule has 0 radical (unpaired) electrons. The van der Waals surface area contributed by atoms with E-state index in [9.17, 15) is 0 Å². The Balaban J connectivity index is 1.81. The zero-order valence-corrected chi connectivity index (χ0v) is 13.5. The Hall–Kier alpha value is -0.510. The van der Waals surface area contributed by atoms with E-state index >= 15 is 0 Å². The highest BCUT2D eigenvalue weighted by Gasteiger charge is 2.39. The summed E-state index contributed by atoms with van der Waals surface area (Å²) in [7, 11) is 0. The quantitative estimate of drug-likeness (QED) is 0.921. The van der Waals surface area contributed by atoms with Crippen molar-refractivity contribution in [2.45, 2.75) is 44.3 Å². The molecule has 0 aromatic heterocycles. The molecule has 3 heteroatoms. The summed E-state index contributed by atoms with van der Waals surface area (Å²) in [5.74, 6) is 2.66. The molecule has 3 atom stereocenters. The molecule has 3 unspecified atom stereocenters. The van der Waals surface area contributed by atoms with E-state index in [2.05, 4.69) is 66.2 Å². The van der Waals surface area contributed by atoms with Crippen LogP contribution in [0.3, 0.4) is 0 Å². The van der Waals surface area contributed by atoms with Gasteiger partial charge < -0.3 is 5.32 Å². The van der Waals surface area contributed by atoms with Gasteiger partial charge in [-0.25, -0.2) is 0 Å². The van der Waals surface area contributed by atoms with Gasteiger partial charge in [0.15, 0.2) is 0 Å². The van der Waals surface area contributed by atoms with Gasteiger partial charge in [-0.1, -0.05) is 37.3 Å². The van der Waals surface area contributed by atoms with Gasteiger partial charge in [0.05, 0.1) is 5.54 Å². The minimum Gasteiger partial charge on any atom is -0.305 e. The van der Waals surface area contributed by atoms with Crippen molar-refractivity contribution in [3.05, 3.63) is 35.9 Å². The summed E-state index contributed by atoms with van der Waals surface area (Å²) in [4.78, 5) is 2.80. The molecule has 1 N–H and O–H groups in total. The van der Waals surface area contributed by atoms with Gasteiger partial charge in [-0.3, -0.25) is 4.90 Å². The van der Waals surface area contributed by atoms with E-state index in [1.165, 1.54) is 29.9 Å². The predicted octanol–water partition coefficient (Wildman–Crippen LogP) is 3.09. The Kier molecular flexibility index (Phi) is 4.39. The number of thioether (sulfide) groups is 1. The summed E-state index contributed by atoms with van der Waals surface area (Å²) in [6.45, 7) is 6.94. The van der Waals surface area contributed by atoms with E-state index < -0.39 is 0 Å². The average molecular weight is 290 g/mol. The Morgan fingerprint density at radius 1 is 1.35 bits per heavy atom. The molecular formula is C17H26N2S. The van der Waals surface area contributed by atoms with Gasteiger partial charge in [-0.15, -0.1) is 0 Å². The molecule has 0 aliphatic carbocycles. The fraction of sp³-hybridized carbons (Fsp3) is 0.647. The minimum absolute atomic E-state index is 0.0974. The van der Waals surface area contributed by atoms with Crippen molar-refractivity contribution in [3.8, 4) is 0 Å². The molecule has 0 bridgehead atoms. The molecule has 20 heavy (non-hydrogen) atoms. The zero-order chi connectivity index (χ0) is 14.0. The van der Waals surface area contributed by atoms with Crippen molar-refractivity contribution >= 4 is 11.8 Å². The number of hydrogen-bond donors (Lipinski definition) is 1. The Bertz CT molecular complexity index is 428. The largest absolute Gasteiger partial charge is 0.305 e. The first-order valence-corrected chi connectivity index (χ1v) is 9.02. The lowest BCUT2D eigenvalue weighted by molar-refractivity contribution is 0.0528. The van der Waals surface area contributed by atoms with Crippen LogP contribution in [0.25, 0.3) is 0 Å². The fourth-order valence-corrected chi connectivity index (χ4v) is 4.84. The van der Waals surface area contributed by atoms with Crippen molar-refractivity contribution < 1.29 is 0 Å². The normalized spacial score (nSPS) is 35.3. The molecule has 0 amide bonds. The first-order valence-electron chi connectivity index (χ1n) is 7.87. The summed E-state index contributed by atoms with van der Waals surface area (Å²) in [6, 6.07) is 12.4. The highest BCUT2D eigenvalue weighted by atomic mass is 32.2.